The predicted molar refractivity (Wildman–Crippen MR) is 197 cm³/mol. The first-order chi connectivity index (χ1) is 24.3. The first-order valence-corrected chi connectivity index (χ1v) is 20.5. The van der Waals surface area contributed by atoms with Crippen molar-refractivity contribution in [1.82, 2.24) is 5.32 Å². The van der Waals surface area contributed by atoms with Crippen molar-refractivity contribution in [2.24, 2.45) is 0 Å². The number of allylic oxidation sites excluding steroid dienone is 5. The third-order valence-electron chi connectivity index (χ3n) is 8.96. The lowest BCUT2D eigenvalue weighted by atomic mass is 9.85. The molecule has 14 heteroatoms. The van der Waals surface area contributed by atoms with E-state index in [0.717, 1.165) is 44.9 Å². The lowest BCUT2D eigenvalue weighted by Crippen LogP contribution is -2.64. The van der Waals surface area contributed by atoms with E-state index in [9.17, 15) is 50.0 Å². The number of aliphatic hydroxyl groups excluding tert-OH is 7. The molecule has 51 heavy (non-hydrogen) atoms. The SMILES string of the molecule is CCCCC/C=C/CC/C=C/CC/C=C/C(O)C(COP(=O)(O)OC1C(O)C(O)C(O)C(O)C1O)NC(=O)CC(O)CCCCCCCCCC. The fraction of sp³-hybridized carbons (Fsp3) is 0.811. The summed E-state index contributed by atoms with van der Waals surface area (Å²) in [5, 5.41) is 73.8. The smallest absolute Gasteiger partial charge is 0.393 e. The highest BCUT2D eigenvalue weighted by Crippen LogP contribution is 2.47. The number of carbonyl (C=O) groups excluding carboxylic acids is 1. The summed E-state index contributed by atoms with van der Waals surface area (Å²) in [6, 6.07) is -1.26. The average Bonchev–Trinajstić information content (AvgIpc) is 3.09. The zero-order valence-corrected chi connectivity index (χ0v) is 31.6. The number of carbonyl (C=O) groups is 1. The van der Waals surface area contributed by atoms with Gasteiger partial charge in [0.1, 0.15) is 36.6 Å². The topological polar surface area (TPSA) is 226 Å². The van der Waals surface area contributed by atoms with Gasteiger partial charge in [0.2, 0.25) is 5.91 Å². The Labute approximate surface area is 305 Å². The van der Waals surface area contributed by atoms with Gasteiger partial charge in [-0.05, 0) is 44.9 Å². The standard InChI is InChI=1S/C37H68NO12P/c1-3-5-7-9-11-13-14-15-16-17-19-21-23-25-30(40)29(38-31(41)26-28(39)24-22-20-18-12-10-8-6-4-2)27-49-51(47,48)50-37-35(45)33(43)32(42)34(44)36(37)46/h11,13,16-17,23,25,28-30,32-37,39-40,42-46H,3-10,12,14-15,18-22,24,26-27H2,1-2H3,(H,38,41)(H,47,48)/b13-11+,17-16+,25-23+. The number of unbranched alkanes of at least 4 members (excludes halogenated alkanes) is 12. The summed E-state index contributed by atoms with van der Waals surface area (Å²) in [5.41, 5.74) is 0. The van der Waals surface area contributed by atoms with Crippen molar-refractivity contribution in [3.63, 3.8) is 0 Å². The Bertz CT molecular complexity index is 1030. The Balaban J connectivity index is 2.73. The Hall–Kier alpha value is -1.48. The lowest BCUT2D eigenvalue weighted by molar-refractivity contribution is -0.220. The first kappa shape index (κ1) is 47.5. The molecule has 0 bridgehead atoms. The molecular formula is C37H68NO12P. The van der Waals surface area contributed by atoms with Gasteiger partial charge in [-0.3, -0.25) is 13.8 Å². The molecule has 13 nitrogen and oxygen atoms in total. The second-order valence-corrected chi connectivity index (χ2v) is 15.0. The molecule has 0 aromatic carbocycles. The third kappa shape index (κ3) is 21.1. The third-order valence-corrected chi connectivity index (χ3v) is 9.94. The minimum absolute atomic E-state index is 0.256. The van der Waals surface area contributed by atoms with E-state index >= 15 is 0 Å². The molecule has 298 valence electrons. The highest BCUT2D eigenvalue weighted by molar-refractivity contribution is 7.47. The number of amides is 1. The predicted octanol–water partition coefficient (Wildman–Crippen LogP) is 4.24. The van der Waals surface area contributed by atoms with Crippen LogP contribution in [0.5, 0.6) is 0 Å². The molecular weight excluding hydrogens is 681 g/mol. The van der Waals surface area contributed by atoms with Crippen molar-refractivity contribution in [1.29, 1.82) is 0 Å². The molecule has 9 N–H and O–H groups in total. The van der Waals surface area contributed by atoms with Gasteiger partial charge in [0.15, 0.2) is 0 Å². The second kappa shape index (κ2) is 28.0. The monoisotopic (exact) mass is 749 g/mol. The Morgan fingerprint density at radius 1 is 0.686 bits per heavy atom. The lowest BCUT2D eigenvalue weighted by Gasteiger charge is -2.41. The number of rotatable bonds is 29. The van der Waals surface area contributed by atoms with Gasteiger partial charge < -0.3 is 46.0 Å². The average molecular weight is 750 g/mol. The van der Waals surface area contributed by atoms with Crippen LogP contribution in [0, 0.1) is 0 Å². The molecule has 0 aromatic rings. The number of hydrogen-bond donors (Lipinski definition) is 9. The molecule has 0 aliphatic heterocycles. The van der Waals surface area contributed by atoms with Gasteiger partial charge >= 0.3 is 7.82 Å². The zero-order chi connectivity index (χ0) is 38.1. The van der Waals surface area contributed by atoms with E-state index in [2.05, 4.69) is 37.4 Å². The van der Waals surface area contributed by atoms with E-state index < -0.39 is 75.2 Å². The van der Waals surface area contributed by atoms with Crippen LogP contribution in [-0.4, -0.2) is 108 Å². The van der Waals surface area contributed by atoms with Crippen molar-refractivity contribution < 1.29 is 59.0 Å². The highest BCUT2D eigenvalue weighted by atomic mass is 31.2. The summed E-state index contributed by atoms with van der Waals surface area (Å²) in [6.45, 7) is 3.60. The fourth-order valence-electron chi connectivity index (χ4n) is 5.74. The van der Waals surface area contributed by atoms with Gasteiger partial charge in [0.25, 0.3) is 0 Å². The van der Waals surface area contributed by atoms with E-state index in [1.54, 1.807) is 6.08 Å². The summed E-state index contributed by atoms with van der Waals surface area (Å²) in [7, 11) is -5.14. The number of hydrogen-bond acceptors (Lipinski definition) is 11. The summed E-state index contributed by atoms with van der Waals surface area (Å²) in [6.07, 6.45) is 14.2. The van der Waals surface area contributed by atoms with Gasteiger partial charge in [-0.2, -0.15) is 0 Å². The normalized spacial score (nSPS) is 25.8. The number of nitrogens with one attached hydrogen (secondary N) is 1. The molecule has 0 spiro atoms. The Morgan fingerprint density at radius 2 is 1.16 bits per heavy atom. The van der Waals surface area contributed by atoms with Crippen LogP contribution < -0.4 is 5.32 Å². The van der Waals surface area contributed by atoms with Crippen LogP contribution in [0.25, 0.3) is 0 Å². The van der Waals surface area contributed by atoms with Crippen LogP contribution in [0.4, 0.5) is 0 Å². The quantitative estimate of drug-likeness (QED) is 0.0297. The van der Waals surface area contributed by atoms with Crippen LogP contribution in [0.3, 0.4) is 0 Å². The maximum Gasteiger partial charge on any atom is 0.472 e. The van der Waals surface area contributed by atoms with Crippen LogP contribution >= 0.6 is 7.82 Å². The summed E-state index contributed by atoms with van der Waals surface area (Å²) in [5.74, 6) is -0.613. The van der Waals surface area contributed by atoms with Crippen molar-refractivity contribution in [3.05, 3.63) is 36.5 Å². The minimum Gasteiger partial charge on any atom is -0.393 e. The molecule has 8 atom stereocenters. The Morgan fingerprint density at radius 3 is 1.73 bits per heavy atom. The summed E-state index contributed by atoms with van der Waals surface area (Å²) in [4.78, 5) is 23.2. The van der Waals surface area contributed by atoms with Gasteiger partial charge in [-0.1, -0.05) is 115 Å². The molecule has 1 aliphatic rings. The van der Waals surface area contributed by atoms with E-state index in [1.807, 2.05) is 6.08 Å². The van der Waals surface area contributed by atoms with Crippen LogP contribution in [-0.2, 0) is 18.4 Å². The maximum atomic E-state index is 12.8. The number of phosphoric acid groups is 1. The van der Waals surface area contributed by atoms with Gasteiger partial charge in [-0.25, -0.2) is 4.57 Å². The van der Waals surface area contributed by atoms with Crippen LogP contribution in [0.15, 0.2) is 36.5 Å². The molecule has 0 aromatic heterocycles. The zero-order valence-electron chi connectivity index (χ0n) is 30.8. The molecule has 1 saturated carbocycles. The van der Waals surface area contributed by atoms with E-state index in [1.165, 1.54) is 51.0 Å². The highest BCUT2D eigenvalue weighted by Gasteiger charge is 2.51. The van der Waals surface area contributed by atoms with E-state index in [-0.39, 0.29) is 6.42 Å². The molecule has 1 rings (SSSR count). The van der Waals surface area contributed by atoms with Crippen LogP contribution in [0.1, 0.15) is 129 Å². The Kier molecular flexibility index (Phi) is 26.1. The molecule has 0 radical (unpaired) electrons. The van der Waals surface area contributed by atoms with Crippen molar-refractivity contribution >= 4 is 13.7 Å². The maximum absolute atomic E-state index is 12.8. The molecule has 1 aliphatic carbocycles. The summed E-state index contributed by atoms with van der Waals surface area (Å²) < 4.78 is 22.7. The van der Waals surface area contributed by atoms with Crippen molar-refractivity contribution in [3.8, 4) is 0 Å². The summed E-state index contributed by atoms with van der Waals surface area (Å²) >= 11 is 0. The molecule has 1 fully saturated rings. The number of aliphatic hydroxyl groups is 7. The van der Waals surface area contributed by atoms with E-state index in [4.69, 9.17) is 9.05 Å². The van der Waals surface area contributed by atoms with Crippen LogP contribution in [0.2, 0.25) is 0 Å². The minimum atomic E-state index is -5.14. The molecule has 0 saturated heterocycles. The van der Waals surface area contributed by atoms with Gasteiger partial charge in [-0.15, -0.1) is 0 Å². The fourth-order valence-corrected chi connectivity index (χ4v) is 6.71. The molecule has 1 amide bonds. The van der Waals surface area contributed by atoms with E-state index in [0.29, 0.717) is 19.3 Å². The first-order valence-electron chi connectivity index (χ1n) is 19.0. The largest absolute Gasteiger partial charge is 0.472 e. The number of phosphoric ester groups is 1. The van der Waals surface area contributed by atoms with Gasteiger partial charge in [0.05, 0.1) is 31.3 Å². The van der Waals surface area contributed by atoms with Crippen molar-refractivity contribution in [2.45, 2.75) is 184 Å². The molecule has 8 unspecified atom stereocenters. The molecule has 0 heterocycles. The van der Waals surface area contributed by atoms with Gasteiger partial charge in [0, 0.05) is 0 Å². The van der Waals surface area contributed by atoms with Crippen molar-refractivity contribution in [2.75, 3.05) is 6.61 Å². The second-order valence-electron chi connectivity index (χ2n) is 13.6.